The number of carbonyl (C=O) groups excluding carboxylic acids is 1. The smallest absolute Gasteiger partial charge is 0.228 e. The Morgan fingerprint density at radius 1 is 1.76 bits per heavy atom. The molecule has 1 aliphatic carbocycles. The number of nitrogens with zero attached hydrogens (tertiary/aromatic N) is 1. The van der Waals surface area contributed by atoms with Crippen LogP contribution in [-0.4, -0.2) is 11.9 Å². The number of amides is 1. The Morgan fingerprint density at radius 2 is 2.59 bits per heavy atom. The Bertz CT molecular complexity index is 447. The van der Waals surface area contributed by atoms with Crippen LogP contribution >= 0.6 is 11.3 Å². The van der Waals surface area contributed by atoms with Crippen molar-refractivity contribution in [3.63, 3.8) is 0 Å². The molecule has 2 atom stereocenters. The minimum atomic E-state index is -0.355. The Labute approximate surface area is 105 Å². The second kappa shape index (κ2) is 5.33. The summed E-state index contributed by atoms with van der Waals surface area (Å²) in [6.07, 6.45) is 3.71. The third kappa shape index (κ3) is 2.50. The highest BCUT2D eigenvalue weighted by molar-refractivity contribution is 7.10. The molecule has 0 spiro atoms. The molecule has 3 nitrogen and oxygen atoms in total. The van der Waals surface area contributed by atoms with E-state index in [-0.39, 0.29) is 17.9 Å². The zero-order valence-corrected chi connectivity index (χ0v) is 10.7. The van der Waals surface area contributed by atoms with Gasteiger partial charge in [0.1, 0.15) is 6.04 Å². The van der Waals surface area contributed by atoms with Crippen molar-refractivity contribution < 1.29 is 4.79 Å². The van der Waals surface area contributed by atoms with E-state index in [9.17, 15) is 4.79 Å². The lowest BCUT2D eigenvalue weighted by molar-refractivity contribution is -0.123. The van der Waals surface area contributed by atoms with Gasteiger partial charge in [-0.25, -0.2) is 0 Å². The highest BCUT2D eigenvalue weighted by atomic mass is 32.1. The molecule has 0 aliphatic heterocycles. The second-order valence-electron chi connectivity index (χ2n) is 4.34. The fraction of sp³-hybridized carbons (Fsp3) is 0.538. The van der Waals surface area contributed by atoms with Crippen LogP contribution in [-0.2, 0) is 11.2 Å². The van der Waals surface area contributed by atoms with Crippen LogP contribution in [0.15, 0.2) is 11.4 Å². The highest BCUT2D eigenvalue weighted by Crippen LogP contribution is 2.35. The zero-order valence-electron chi connectivity index (χ0n) is 9.90. The fourth-order valence-electron chi connectivity index (χ4n) is 2.26. The highest BCUT2D eigenvalue weighted by Gasteiger charge is 2.28. The molecule has 2 rings (SSSR count). The van der Waals surface area contributed by atoms with Gasteiger partial charge >= 0.3 is 0 Å². The Hall–Kier alpha value is -1.34. The standard InChI is InChI=1S/C13H16N2OS/c1-2-9(8-14)15-13(16)11-4-3-5-12-10(11)6-7-17-12/h6-7,9,11H,2-5H2,1H3,(H,15,16). The monoisotopic (exact) mass is 248 g/mol. The average molecular weight is 248 g/mol. The lowest BCUT2D eigenvalue weighted by atomic mass is 9.87. The summed E-state index contributed by atoms with van der Waals surface area (Å²) in [4.78, 5) is 13.5. The van der Waals surface area contributed by atoms with E-state index >= 15 is 0 Å². The number of thiophene rings is 1. The molecule has 2 unspecified atom stereocenters. The number of nitrogens with one attached hydrogen (secondary N) is 1. The molecule has 4 heteroatoms. The maximum Gasteiger partial charge on any atom is 0.228 e. The van der Waals surface area contributed by atoms with Gasteiger partial charge in [-0.15, -0.1) is 11.3 Å². The maximum atomic E-state index is 12.1. The Morgan fingerprint density at radius 3 is 3.29 bits per heavy atom. The zero-order chi connectivity index (χ0) is 12.3. The van der Waals surface area contributed by atoms with Crippen LogP contribution < -0.4 is 5.32 Å². The lowest BCUT2D eigenvalue weighted by Crippen LogP contribution is -2.37. The minimum Gasteiger partial charge on any atom is -0.340 e. The third-order valence-electron chi connectivity index (χ3n) is 3.25. The SMILES string of the molecule is CCC(C#N)NC(=O)C1CCCc2sccc21. The maximum absolute atomic E-state index is 12.1. The third-order valence-corrected chi connectivity index (χ3v) is 4.25. The predicted molar refractivity (Wildman–Crippen MR) is 67.8 cm³/mol. The first-order valence-corrected chi connectivity index (χ1v) is 6.90. The Balaban J connectivity index is 2.10. The number of aryl methyl sites for hydroxylation is 1. The summed E-state index contributed by atoms with van der Waals surface area (Å²) in [7, 11) is 0. The topological polar surface area (TPSA) is 52.9 Å². The molecule has 1 heterocycles. The van der Waals surface area contributed by atoms with Gasteiger partial charge in [0.2, 0.25) is 5.91 Å². The predicted octanol–water partition coefficient (Wildman–Crippen LogP) is 2.59. The second-order valence-corrected chi connectivity index (χ2v) is 5.34. The van der Waals surface area contributed by atoms with Gasteiger partial charge in [0.05, 0.1) is 12.0 Å². The van der Waals surface area contributed by atoms with Gasteiger partial charge in [0.15, 0.2) is 0 Å². The first-order valence-electron chi connectivity index (χ1n) is 6.02. The van der Waals surface area contributed by atoms with E-state index < -0.39 is 0 Å². The molecular weight excluding hydrogens is 232 g/mol. The quantitative estimate of drug-likeness (QED) is 0.894. The summed E-state index contributed by atoms with van der Waals surface area (Å²) in [6.45, 7) is 1.91. The van der Waals surface area contributed by atoms with E-state index in [1.807, 2.05) is 6.92 Å². The van der Waals surface area contributed by atoms with E-state index in [0.29, 0.717) is 6.42 Å². The van der Waals surface area contributed by atoms with Gasteiger partial charge in [0, 0.05) is 4.88 Å². The molecule has 17 heavy (non-hydrogen) atoms. The van der Waals surface area contributed by atoms with E-state index in [0.717, 1.165) is 19.3 Å². The van der Waals surface area contributed by atoms with Crippen LogP contribution in [0.5, 0.6) is 0 Å². The van der Waals surface area contributed by atoms with Gasteiger partial charge in [0.25, 0.3) is 0 Å². The van der Waals surface area contributed by atoms with Crippen LogP contribution in [0.3, 0.4) is 0 Å². The van der Waals surface area contributed by atoms with E-state index in [1.54, 1.807) is 11.3 Å². The van der Waals surface area contributed by atoms with Gasteiger partial charge in [-0.1, -0.05) is 6.92 Å². The summed E-state index contributed by atoms with van der Waals surface area (Å²) in [5, 5.41) is 13.7. The molecule has 1 amide bonds. The molecule has 0 radical (unpaired) electrons. The molecule has 0 aromatic carbocycles. The number of nitriles is 1. The molecule has 1 N–H and O–H groups in total. The van der Waals surface area contributed by atoms with Gasteiger partial charge < -0.3 is 5.32 Å². The molecule has 0 saturated heterocycles. The summed E-state index contributed by atoms with van der Waals surface area (Å²) >= 11 is 1.73. The number of rotatable bonds is 3. The van der Waals surface area contributed by atoms with Crippen molar-refractivity contribution in [1.82, 2.24) is 5.32 Å². The first kappa shape index (κ1) is 12.1. The molecule has 1 aromatic heterocycles. The lowest BCUT2D eigenvalue weighted by Gasteiger charge is -2.22. The van der Waals surface area contributed by atoms with Gasteiger partial charge in [-0.3, -0.25) is 4.79 Å². The number of carbonyl (C=O) groups is 1. The largest absolute Gasteiger partial charge is 0.340 e. The van der Waals surface area contributed by atoms with Crippen LogP contribution in [0.4, 0.5) is 0 Å². The van der Waals surface area contributed by atoms with Crippen molar-refractivity contribution in [3.8, 4) is 6.07 Å². The fourth-order valence-corrected chi connectivity index (χ4v) is 3.24. The summed E-state index contributed by atoms with van der Waals surface area (Å²) in [5.74, 6) is -0.0369. The summed E-state index contributed by atoms with van der Waals surface area (Å²) < 4.78 is 0. The van der Waals surface area contributed by atoms with Gasteiger partial charge in [-0.2, -0.15) is 5.26 Å². The first-order chi connectivity index (χ1) is 8.26. The van der Waals surface area contributed by atoms with Crippen LogP contribution in [0.2, 0.25) is 0 Å². The minimum absolute atomic E-state index is 0.0118. The van der Waals surface area contributed by atoms with E-state index in [4.69, 9.17) is 5.26 Å². The normalized spacial score (nSPS) is 20.1. The molecule has 0 bridgehead atoms. The number of fused-ring (bicyclic) bond motifs is 1. The number of hydrogen-bond acceptors (Lipinski definition) is 3. The van der Waals surface area contributed by atoms with Crippen LogP contribution in [0.25, 0.3) is 0 Å². The number of hydrogen-bond donors (Lipinski definition) is 1. The van der Waals surface area contributed by atoms with Crippen LogP contribution in [0, 0.1) is 11.3 Å². The van der Waals surface area contributed by atoms with E-state index in [1.165, 1.54) is 10.4 Å². The van der Waals surface area contributed by atoms with Crippen molar-refractivity contribution in [3.05, 3.63) is 21.9 Å². The molecule has 1 aromatic rings. The van der Waals surface area contributed by atoms with Gasteiger partial charge in [-0.05, 0) is 42.7 Å². The Kier molecular flexibility index (Phi) is 3.80. The van der Waals surface area contributed by atoms with Crippen molar-refractivity contribution in [2.75, 3.05) is 0 Å². The molecule has 1 aliphatic rings. The van der Waals surface area contributed by atoms with Crippen molar-refractivity contribution in [1.29, 1.82) is 5.26 Å². The average Bonchev–Trinajstić information content (AvgIpc) is 2.83. The molecule has 0 fully saturated rings. The van der Waals surface area contributed by atoms with Crippen molar-refractivity contribution >= 4 is 17.2 Å². The molecule has 0 saturated carbocycles. The van der Waals surface area contributed by atoms with Crippen molar-refractivity contribution in [2.45, 2.75) is 44.6 Å². The molecule has 90 valence electrons. The summed E-state index contributed by atoms with van der Waals surface area (Å²) in [6, 6.07) is 3.81. The van der Waals surface area contributed by atoms with E-state index in [2.05, 4.69) is 22.8 Å². The summed E-state index contributed by atoms with van der Waals surface area (Å²) in [5.41, 5.74) is 1.17. The molecular formula is C13H16N2OS. The van der Waals surface area contributed by atoms with Crippen molar-refractivity contribution in [2.24, 2.45) is 0 Å². The van der Waals surface area contributed by atoms with Crippen LogP contribution in [0.1, 0.15) is 42.5 Å².